The summed E-state index contributed by atoms with van der Waals surface area (Å²) >= 11 is 0. The Kier molecular flexibility index (Phi) is 4.29. The Hall–Kier alpha value is -1.92. The van der Waals surface area contributed by atoms with Crippen molar-refractivity contribution >= 4 is 12.0 Å². The summed E-state index contributed by atoms with van der Waals surface area (Å²) in [6.07, 6.45) is 1.98. The van der Waals surface area contributed by atoms with E-state index in [2.05, 4.69) is 9.97 Å². The Bertz CT molecular complexity index is 501. The topological polar surface area (TPSA) is 58.6 Å². The van der Waals surface area contributed by atoms with Gasteiger partial charge in [-0.25, -0.2) is 19.2 Å². The molecule has 116 valence electrons. The van der Waals surface area contributed by atoms with Gasteiger partial charge in [0, 0.05) is 25.7 Å². The number of piperazine rings is 1. The number of amides is 1. The number of halogens is 1. The highest BCUT2D eigenvalue weighted by Gasteiger charge is 2.31. The number of hydrogen-bond acceptors (Lipinski definition) is 5. The van der Waals surface area contributed by atoms with Crippen LogP contribution in [-0.2, 0) is 4.74 Å². The smallest absolute Gasteiger partial charge is 0.410 e. The third-order valence-electron chi connectivity index (χ3n) is 3.15. The maximum atomic E-state index is 12.8. The molecule has 1 saturated heterocycles. The molecule has 0 aliphatic carbocycles. The van der Waals surface area contributed by atoms with E-state index < -0.39 is 11.4 Å². The fourth-order valence-corrected chi connectivity index (χ4v) is 2.20. The summed E-state index contributed by atoms with van der Waals surface area (Å²) in [7, 11) is 0. The van der Waals surface area contributed by atoms with E-state index in [9.17, 15) is 9.18 Å². The number of carbonyl (C=O) groups is 1. The van der Waals surface area contributed by atoms with Gasteiger partial charge >= 0.3 is 6.09 Å². The normalized spacial score (nSPS) is 19.6. The number of rotatable bonds is 1. The molecule has 1 amide bonds. The Labute approximate surface area is 123 Å². The van der Waals surface area contributed by atoms with E-state index in [1.807, 2.05) is 32.6 Å². The lowest BCUT2D eigenvalue weighted by Crippen LogP contribution is -2.55. The van der Waals surface area contributed by atoms with Crippen LogP contribution in [0, 0.1) is 5.82 Å². The molecule has 1 aromatic heterocycles. The van der Waals surface area contributed by atoms with Crippen molar-refractivity contribution in [3.05, 3.63) is 18.2 Å². The molecule has 2 heterocycles. The molecule has 0 N–H and O–H groups in total. The van der Waals surface area contributed by atoms with Crippen molar-refractivity contribution in [2.45, 2.75) is 39.3 Å². The van der Waals surface area contributed by atoms with E-state index in [1.165, 1.54) is 0 Å². The zero-order valence-electron chi connectivity index (χ0n) is 12.8. The number of nitrogens with zero attached hydrogens (tertiary/aromatic N) is 4. The molecule has 1 fully saturated rings. The number of hydrogen-bond donors (Lipinski definition) is 0. The minimum Gasteiger partial charge on any atom is -0.444 e. The molecule has 1 aromatic rings. The van der Waals surface area contributed by atoms with Crippen LogP contribution in [0.15, 0.2) is 12.4 Å². The highest BCUT2D eigenvalue weighted by molar-refractivity contribution is 5.69. The largest absolute Gasteiger partial charge is 0.444 e. The van der Waals surface area contributed by atoms with Crippen LogP contribution < -0.4 is 4.90 Å². The predicted molar refractivity (Wildman–Crippen MR) is 76.6 cm³/mol. The Morgan fingerprint density at radius 1 is 1.33 bits per heavy atom. The van der Waals surface area contributed by atoms with E-state index in [-0.39, 0.29) is 12.1 Å². The van der Waals surface area contributed by atoms with Gasteiger partial charge in [0.15, 0.2) is 5.82 Å². The third-order valence-corrected chi connectivity index (χ3v) is 3.15. The molecule has 1 aliphatic rings. The van der Waals surface area contributed by atoms with Crippen LogP contribution in [0.2, 0.25) is 0 Å². The van der Waals surface area contributed by atoms with Crippen LogP contribution in [0.4, 0.5) is 15.1 Å². The van der Waals surface area contributed by atoms with Crippen molar-refractivity contribution in [2.75, 3.05) is 24.5 Å². The molecule has 0 radical (unpaired) electrons. The molecule has 0 saturated carbocycles. The van der Waals surface area contributed by atoms with Gasteiger partial charge in [0.05, 0.1) is 12.4 Å². The highest BCUT2D eigenvalue weighted by atomic mass is 19.1. The van der Waals surface area contributed by atoms with Crippen molar-refractivity contribution in [1.29, 1.82) is 0 Å². The quantitative estimate of drug-likeness (QED) is 0.794. The van der Waals surface area contributed by atoms with Gasteiger partial charge in [-0.1, -0.05) is 0 Å². The summed E-state index contributed by atoms with van der Waals surface area (Å²) in [5.41, 5.74) is -0.506. The number of carbonyl (C=O) groups excluding carboxylic acids is 1. The highest BCUT2D eigenvalue weighted by Crippen LogP contribution is 2.18. The third kappa shape index (κ3) is 4.03. The average molecular weight is 296 g/mol. The monoisotopic (exact) mass is 296 g/mol. The maximum Gasteiger partial charge on any atom is 0.410 e. The first-order chi connectivity index (χ1) is 9.76. The van der Waals surface area contributed by atoms with Crippen LogP contribution in [0.3, 0.4) is 0 Å². The van der Waals surface area contributed by atoms with Crippen LogP contribution in [0.25, 0.3) is 0 Å². The van der Waals surface area contributed by atoms with E-state index in [1.54, 1.807) is 4.90 Å². The molecule has 1 aliphatic heterocycles. The number of ether oxygens (including phenoxy) is 1. The fraction of sp³-hybridized carbons (Fsp3) is 0.643. The molecular formula is C14H21FN4O2. The van der Waals surface area contributed by atoms with E-state index in [4.69, 9.17) is 4.74 Å². The Balaban J connectivity index is 1.99. The lowest BCUT2D eigenvalue weighted by atomic mass is 10.2. The first-order valence-electron chi connectivity index (χ1n) is 6.98. The molecule has 7 heteroatoms. The Morgan fingerprint density at radius 2 is 1.95 bits per heavy atom. The van der Waals surface area contributed by atoms with Crippen molar-refractivity contribution in [2.24, 2.45) is 0 Å². The van der Waals surface area contributed by atoms with E-state index >= 15 is 0 Å². The van der Waals surface area contributed by atoms with Gasteiger partial charge in [-0.15, -0.1) is 0 Å². The van der Waals surface area contributed by atoms with E-state index in [0.717, 1.165) is 12.4 Å². The number of anilines is 1. The van der Waals surface area contributed by atoms with Crippen molar-refractivity contribution in [3.63, 3.8) is 0 Å². The van der Waals surface area contributed by atoms with Gasteiger partial charge in [-0.2, -0.15) is 0 Å². The summed E-state index contributed by atoms with van der Waals surface area (Å²) < 4.78 is 18.2. The van der Waals surface area contributed by atoms with Crippen LogP contribution in [0.5, 0.6) is 0 Å². The lowest BCUT2D eigenvalue weighted by Gasteiger charge is -2.40. The van der Waals surface area contributed by atoms with E-state index in [0.29, 0.717) is 25.6 Å². The van der Waals surface area contributed by atoms with Crippen LogP contribution >= 0.6 is 0 Å². The second-order valence-corrected chi connectivity index (χ2v) is 6.17. The summed E-state index contributed by atoms with van der Waals surface area (Å²) in [5, 5.41) is 0. The molecular weight excluding hydrogens is 275 g/mol. The minimum absolute atomic E-state index is 0.0257. The zero-order valence-corrected chi connectivity index (χ0v) is 12.8. The molecule has 0 bridgehead atoms. The van der Waals surface area contributed by atoms with Gasteiger partial charge in [0.2, 0.25) is 5.95 Å². The van der Waals surface area contributed by atoms with Crippen molar-refractivity contribution in [1.82, 2.24) is 14.9 Å². The first kappa shape index (κ1) is 15.5. The molecule has 1 atom stereocenters. The Morgan fingerprint density at radius 3 is 2.48 bits per heavy atom. The lowest BCUT2D eigenvalue weighted by molar-refractivity contribution is 0.0158. The van der Waals surface area contributed by atoms with Crippen LogP contribution in [-0.4, -0.2) is 52.2 Å². The zero-order chi connectivity index (χ0) is 15.6. The van der Waals surface area contributed by atoms with Crippen molar-refractivity contribution in [3.8, 4) is 0 Å². The maximum absolute atomic E-state index is 12.8. The SMILES string of the molecule is C[C@@H]1CN(c2ncc(F)cn2)CCN1C(=O)OC(C)(C)C. The molecule has 0 spiro atoms. The summed E-state index contributed by atoms with van der Waals surface area (Å²) in [4.78, 5) is 23.7. The molecule has 6 nitrogen and oxygen atoms in total. The second-order valence-electron chi connectivity index (χ2n) is 6.17. The molecule has 0 unspecified atom stereocenters. The van der Waals surface area contributed by atoms with Crippen LogP contribution in [0.1, 0.15) is 27.7 Å². The first-order valence-corrected chi connectivity index (χ1v) is 6.98. The van der Waals surface area contributed by atoms with Gasteiger partial charge in [-0.3, -0.25) is 0 Å². The fourth-order valence-electron chi connectivity index (χ4n) is 2.20. The predicted octanol–water partition coefficient (Wildman–Crippen LogP) is 2.06. The van der Waals surface area contributed by atoms with Gasteiger partial charge < -0.3 is 14.5 Å². The van der Waals surface area contributed by atoms with Gasteiger partial charge in [0.25, 0.3) is 0 Å². The standard InChI is InChI=1S/C14H21FN4O2/c1-10-9-18(12-16-7-11(15)8-17-12)5-6-19(10)13(20)21-14(2,3)4/h7-8,10H,5-6,9H2,1-4H3/t10-/m1/s1. The summed E-state index contributed by atoms with van der Waals surface area (Å²) in [5.74, 6) is 0.0197. The molecule has 0 aromatic carbocycles. The summed E-state index contributed by atoms with van der Waals surface area (Å²) in [6.45, 7) is 9.19. The van der Waals surface area contributed by atoms with Crippen molar-refractivity contribution < 1.29 is 13.9 Å². The second kappa shape index (κ2) is 5.83. The van der Waals surface area contributed by atoms with Gasteiger partial charge in [0.1, 0.15) is 5.60 Å². The average Bonchev–Trinajstić information content (AvgIpc) is 2.37. The summed E-state index contributed by atoms with van der Waals surface area (Å²) in [6, 6.07) is -0.0257. The number of aromatic nitrogens is 2. The molecule has 2 rings (SSSR count). The van der Waals surface area contributed by atoms with Gasteiger partial charge in [-0.05, 0) is 27.7 Å². The molecule has 21 heavy (non-hydrogen) atoms. The minimum atomic E-state index is -0.506.